The Morgan fingerprint density at radius 2 is 1.42 bits per heavy atom. The number of carbonyl (C=O) groups is 8. The van der Waals surface area contributed by atoms with E-state index in [-0.39, 0.29) is 69.7 Å². The first kappa shape index (κ1) is 46.6. The smallest absolute Gasteiger partial charge is 0.326 e. The highest BCUT2D eigenvalue weighted by molar-refractivity contribution is 5.97. The summed E-state index contributed by atoms with van der Waals surface area (Å²) in [6.45, 7) is 0.242. The number of likely N-dealkylation sites (tertiary alicyclic amines) is 1. The Kier molecular flexibility index (Phi) is 18.0. The fourth-order valence-corrected chi connectivity index (χ4v) is 6.22. The molecule has 23 heteroatoms. The van der Waals surface area contributed by atoms with Crippen LogP contribution in [0.15, 0.2) is 36.8 Å². The molecule has 0 spiro atoms. The molecule has 15 N–H and O–H groups in total. The van der Waals surface area contributed by atoms with E-state index in [1.165, 1.54) is 41.7 Å². The molecule has 59 heavy (non-hydrogen) atoms. The fourth-order valence-electron chi connectivity index (χ4n) is 6.22. The summed E-state index contributed by atoms with van der Waals surface area (Å²) in [4.78, 5) is 111. The van der Waals surface area contributed by atoms with Gasteiger partial charge < -0.3 is 68.4 Å². The van der Waals surface area contributed by atoms with Crippen molar-refractivity contribution in [3.8, 4) is 5.75 Å². The highest BCUT2D eigenvalue weighted by atomic mass is 16.4. The van der Waals surface area contributed by atoms with Crippen LogP contribution < -0.4 is 38.1 Å². The number of H-pyrrole nitrogens is 1. The highest BCUT2D eigenvalue weighted by Gasteiger charge is 2.38. The topological polar surface area (TPSA) is 385 Å². The van der Waals surface area contributed by atoms with Crippen molar-refractivity contribution in [2.24, 2.45) is 11.5 Å². The molecule has 0 aliphatic carbocycles. The van der Waals surface area contributed by atoms with Crippen LogP contribution in [0.1, 0.15) is 62.6 Å². The van der Waals surface area contributed by atoms with Gasteiger partial charge in [0.05, 0.1) is 18.1 Å². The number of guanidine groups is 1. The number of amides is 5. The van der Waals surface area contributed by atoms with Gasteiger partial charge in [0.15, 0.2) is 5.96 Å². The third-order valence-electron chi connectivity index (χ3n) is 9.31. The number of imidazole rings is 1. The van der Waals surface area contributed by atoms with E-state index in [0.717, 1.165) is 0 Å². The third kappa shape index (κ3) is 15.6. The molecule has 1 fully saturated rings. The largest absolute Gasteiger partial charge is 0.508 e. The van der Waals surface area contributed by atoms with Gasteiger partial charge in [0.2, 0.25) is 29.5 Å². The Morgan fingerprint density at radius 3 is 2.02 bits per heavy atom. The number of phenols is 1. The molecule has 3 rings (SSSR count). The van der Waals surface area contributed by atoms with E-state index in [1.54, 1.807) is 0 Å². The van der Waals surface area contributed by atoms with Crippen LogP contribution in [-0.4, -0.2) is 138 Å². The number of carbonyl (C=O) groups excluding carboxylic acids is 5. The van der Waals surface area contributed by atoms with Crippen LogP contribution in [0.25, 0.3) is 0 Å². The van der Waals surface area contributed by atoms with Gasteiger partial charge in [-0.1, -0.05) is 12.1 Å². The predicted molar refractivity (Wildman–Crippen MR) is 205 cm³/mol. The first-order valence-electron chi connectivity index (χ1n) is 18.7. The summed E-state index contributed by atoms with van der Waals surface area (Å²) in [7, 11) is 0. The molecule has 0 saturated carbocycles. The van der Waals surface area contributed by atoms with Crippen LogP contribution in [0, 0.1) is 5.41 Å². The average Bonchev–Trinajstić information content (AvgIpc) is 3.89. The number of carboxylic acids is 3. The molecule has 0 bridgehead atoms. The van der Waals surface area contributed by atoms with Crippen molar-refractivity contribution in [3.63, 3.8) is 0 Å². The first-order valence-corrected chi connectivity index (χ1v) is 18.7. The van der Waals surface area contributed by atoms with Crippen molar-refractivity contribution < 1.29 is 58.8 Å². The molecule has 1 aromatic heterocycles. The number of carboxylic acid groups (broad SMARTS) is 3. The number of benzene rings is 1. The minimum Gasteiger partial charge on any atom is -0.508 e. The summed E-state index contributed by atoms with van der Waals surface area (Å²) in [5.41, 5.74) is 12.1. The van der Waals surface area contributed by atoms with Crippen molar-refractivity contribution in [3.05, 3.63) is 48.0 Å². The van der Waals surface area contributed by atoms with Gasteiger partial charge in [-0.25, -0.2) is 9.78 Å². The SMILES string of the molecule is N=C(N)NCCC[C@H](NC(=O)[C@H](Cc1c[nH]cn1)NC(=O)[C@H](Cc1ccc(O)cc1)NC(=O)[C@@H]1CCCN1C(=O)[C@@H](N)CCC(=O)O)C(=O)N[C@@H](CCC(=O)O)C(=O)O. The van der Waals surface area contributed by atoms with Gasteiger partial charge in [0.1, 0.15) is 36.0 Å². The standard InChI is InChI=1S/C36H51N11O12/c37-22(9-11-28(49)50)34(57)47-14-2-4-27(47)33(56)46-25(15-19-5-7-21(48)8-6-19)31(54)45-26(16-20-17-40-18-42-20)32(55)43-23(3-1-13-41-36(38)39)30(53)44-24(35(58)59)10-12-29(51)52/h5-8,17-18,22-27,48H,1-4,9-16,37H2,(H,40,42)(H,43,55)(H,44,53)(H,45,54)(H,46,56)(H,49,50)(H,51,52)(H,58,59)(H4,38,39,41)/t22-,23-,24-,25-,26-,27-/m0/s1. The van der Waals surface area contributed by atoms with Gasteiger partial charge in [-0.3, -0.25) is 39.0 Å². The number of aromatic amines is 1. The number of nitrogens with one attached hydrogen (secondary N) is 7. The molecule has 2 heterocycles. The van der Waals surface area contributed by atoms with Crippen LogP contribution in [-0.2, 0) is 51.2 Å². The molecule has 1 saturated heterocycles. The lowest BCUT2D eigenvalue weighted by Gasteiger charge is -2.29. The number of nitrogens with two attached hydrogens (primary N) is 2. The van der Waals surface area contributed by atoms with Crippen LogP contribution in [0.5, 0.6) is 5.75 Å². The summed E-state index contributed by atoms with van der Waals surface area (Å²) in [6, 6.07) is -2.40. The summed E-state index contributed by atoms with van der Waals surface area (Å²) in [6.07, 6.45) is 1.46. The second kappa shape index (κ2) is 22.8. The Balaban J connectivity index is 1.89. The second-order valence-electron chi connectivity index (χ2n) is 13.9. The Labute approximate surface area is 337 Å². The van der Waals surface area contributed by atoms with E-state index in [1.807, 2.05) is 0 Å². The van der Waals surface area contributed by atoms with Crippen molar-refractivity contribution in [1.82, 2.24) is 41.5 Å². The third-order valence-corrected chi connectivity index (χ3v) is 9.31. The monoisotopic (exact) mass is 829 g/mol. The van der Waals surface area contributed by atoms with Gasteiger partial charge in [-0.05, 0) is 56.2 Å². The number of aromatic hydroxyl groups is 1. The van der Waals surface area contributed by atoms with E-state index in [0.29, 0.717) is 17.7 Å². The van der Waals surface area contributed by atoms with Gasteiger partial charge in [0, 0.05) is 45.0 Å². The maximum absolute atomic E-state index is 14.2. The second-order valence-corrected chi connectivity index (χ2v) is 13.9. The van der Waals surface area contributed by atoms with Crippen LogP contribution in [0.4, 0.5) is 0 Å². The molecule has 0 radical (unpaired) electrons. The first-order chi connectivity index (χ1) is 27.9. The lowest BCUT2D eigenvalue weighted by atomic mass is 10.0. The lowest BCUT2D eigenvalue weighted by Crippen LogP contribution is -2.60. The number of rotatable bonds is 24. The van der Waals surface area contributed by atoms with Gasteiger partial charge in [-0.2, -0.15) is 0 Å². The van der Waals surface area contributed by atoms with Gasteiger partial charge >= 0.3 is 17.9 Å². The van der Waals surface area contributed by atoms with Crippen molar-refractivity contribution in [2.45, 2.75) is 100 Å². The summed E-state index contributed by atoms with van der Waals surface area (Å²) in [5.74, 6) is -8.51. The normalized spacial score (nSPS) is 16.0. The number of aromatic nitrogens is 2. The minimum atomic E-state index is -1.62. The quantitative estimate of drug-likeness (QED) is 0.0289. The average molecular weight is 830 g/mol. The Hall–Kier alpha value is -6.78. The van der Waals surface area contributed by atoms with Crippen molar-refractivity contribution in [1.29, 1.82) is 5.41 Å². The number of nitrogens with zero attached hydrogens (tertiary/aromatic N) is 2. The van der Waals surface area contributed by atoms with Crippen molar-refractivity contribution >= 4 is 53.4 Å². The zero-order valence-corrected chi connectivity index (χ0v) is 32.0. The molecular formula is C36H51N11O12. The van der Waals surface area contributed by atoms with E-state index < -0.39 is 96.5 Å². The Bertz CT molecular complexity index is 1810. The minimum absolute atomic E-state index is 0.0684. The molecule has 1 aliphatic rings. The molecule has 5 amide bonds. The molecule has 322 valence electrons. The summed E-state index contributed by atoms with van der Waals surface area (Å²) < 4.78 is 0. The van der Waals surface area contributed by atoms with Crippen molar-refractivity contribution in [2.75, 3.05) is 13.1 Å². The maximum Gasteiger partial charge on any atom is 0.326 e. The number of hydrogen-bond donors (Lipinski definition) is 13. The van der Waals surface area contributed by atoms with Gasteiger partial charge in [-0.15, -0.1) is 0 Å². The molecular weight excluding hydrogens is 778 g/mol. The van der Waals surface area contributed by atoms with E-state index in [9.17, 15) is 48.6 Å². The summed E-state index contributed by atoms with van der Waals surface area (Å²) in [5, 5.41) is 57.5. The highest BCUT2D eigenvalue weighted by Crippen LogP contribution is 2.20. The summed E-state index contributed by atoms with van der Waals surface area (Å²) >= 11 is 0. The molecule has 1 aliphatic heterocycles. The number of phenolic OH excluding ortho intramolecular Hbond substituents is 1. The molecule has 2 aromatic rings. The Morgan fingerprint density at radius 1 is 0.831 bits per heavy atom. The molecule has 1 aromatic carbocycles. The molecule has 23 nitrogen and oxygen atoms in total. The van der Waals surface area contributed by atoms with E-state index >= 15 is 0 Å². The number of hydrogen-bond acceptors (Lipinski definition) is 12. The van der Waals surface area contributed by atoms with E-state index in [2.05, 4.69) is 36.6 Å². The zero-order valence-electron chi connectivity index (χ0n) is 32.0. The predicted octanol–water partition coefficient (Wildman–Crippen LogP) is -2.76. The molecule has 0 unspecified atom stereocenters. The van der Waals surface area contributed by atoms with Crippen LogP contribution in [0.3, 0.4) is 0 Å². The van der Waals surface area contributed by atoms with Crippen LogP contribution >= 0.6 is 0 Å². The maximum atomic E-state index is 14.2. The van der Waals surface area contributed by atoms with Crippen LogP contribution in [0.2, 0.25) is 0 Å². The lowest BCUT2D eigenvalue weighted by molar-refractivity contribution is -0.144. The number of aliphatic carboxylic acids is 3. The van der Waals surface area contributed by atoms with E-state index in [4.69, 9.17) is 27.1 Å². The molecule has 6 atom stereocenters. The fraction of sp³-hybridized carbons (Fsp3) is 0.500. The van der Waals surface area contributed by atoms with Gasteiger partial charge in [0.25, 0.3) is 0 Å². The zero-order chi connectivity index (χ0) is 43.6.